The Kier molecular flexibility index (Phi) is 3.89. The lowest BCUT2D eigenvalue weighted by molar-refractivity contribution is -0.137. The van der Waals surface area contributed by atoms with Crippen molar-refractivity contribution in [3.05, 3.63) is 16.3 Å². The molecule has 2 heterocycles. The summed E-state index contributed by atoms with van der Waals surface area (Å²) < 4.78 is 16.1. The molecule has 0 aromatic carbocycles. The third kappa shape index (κ3) is 3.22. The highest BCUT2D eigenvalue weighted by Crippen LogP contribution is 2.23. The second kappa shape index (κ2) is 5.26. The summed E-state index contributed by atoms with van der Waals surface area (Å²) in [5, 5.41) is 4.63. The zero-order valence-corrected chi connectivity index (χ0v) is 11.5. The van der Waals surface area contributed by atoms with E-state index < -0.39 is 5.79 Å². The first-order valence-corrected chi connectivity index (χ1v) is 6.60. The van der Waals surface area contributed by atoms with E-state index in [9.17, 15) is 4.79 Å². The van der Waals surface area contributed by atoms with Gasteiger partial charge in [0.1, 0.15) is 11.9 Å². The topological polar surface area (TPSA) is 56.8 Å². The molecule has 1 aromatic heterocycles. The van der Waals surface area contributed by atoms with E-state index in [1.165, 1.54) is 11.3 Å². The predicted octanol–water partition coefficient (Wildman–Crippen LogP) is 1.64. The van der Waals surface area contributed by atoms with E-state index in [1.54, 1.807) is 18.6 Å². The van der Waals surface area contributed by atoms with Crippen LogP contribution in [0.5, 0.6) is 5.75 Å². The molecule has 0 radical (unpaired) electrons. The summed E-state index contributed by atoms with van der Waals surface area (Å²) in [6.07, 6.45) is -0.0918. The van der Waals surface area contributed by atoms with Crippen LogP contribution in [-0.2, 0) is 9.47 Å². The number of carbonyl (C=O) groups is 1. The van der Waals surface area contributed by atoms with Gasteiger partial charge in [-0.15, -0.1) is 11.3 Å². The molecule has 5 nitrogen and oxygen atoms in total. The molecule has 1 atom stereocenters. The number of thiophene rings is 1. The van der Waals surface area contributed by atoms with Crippen molar-refractivity contribution >= 4 is 17.2 Å². The van der Waals surface area contributed by atoms with Gasteiger partial charge in [0.15, 0.2) is 5.79 Å². The summed E-state index contributed by atoms with van der Waals surface area (Å²) >= 11 is 1.36. The van der Waals surface area contributed by atoms with Gasteiger partial charge < -0.3 is 19.5 Å². The molecule has 1 aliphatic heterocycles. The lowest BCUT2D eigenvalue weighted by Gasteiger charge is -2.17. The molecule has 1 amide bonds. The number of ether oxygens (including phenoxy) is 3. The number of nitrogens with one attached hydrogen (secondary N) is 1. The highest BCUT2D eigenvalue weighted by atomic mass is 32.1. The molecule has 1 saturated heterocycles. The Morgan fingerprint density at radius 3 is 3.00 bits per heavy atom. The molecule has 100 valence electrons. The molecule has 1 N–H and O–H groups in total. The molecule has 1 unspecified atom stereocenters. The minimum atomic E-state index is -0.554. The van der Waals surface area contributed by atoms with Crippen LogP contribution < -0.4 is 10.1 Å². The number of carbonyl (C=O) groups excluding carboxylic acids is 1. The fraction of sp³-hybridized carbons (Fsp3) is 0.583. The maximum Gasteiger partial charge on any atom is 0.261 e. The Morgan fingerprint density at radius 2 is 2.44 bits per heavy atom. The SMILES string of the molecule is COc1csc(C(=O)NCC2COC(C)(C)O2)c1. The molecule has 1 aliphatic rings. The number of rotatable bonds is 4. The van der Waals surface area contributed by atoms with Crippen molar-refractivity contribution in [2.45, 2.75) is 25.7 Å². The van der Waals surface area contributed by atoms with E-state index in [2.05, 4.69) is 5.32 Å². The molecule has 1 aromatic rings. The number of hydrogen-bond acceptors (Lipinski definition) is 5. The van der Waals surface area contributed by atoms with Gasteiger partial charge in [0.05, 0.1) is 18.6 Å². The fourth-order valence-corrected chi connectivity index (χ4v) is 2.47. The van der Waals surface area contributed by atoms with Gasteiger partial charge in [-0.2, -0.15) is 0 Å². The van der Waals surface area contributed by atoms with Gasteiger partial charge in [-0.05, 0) is 13.8 Å². The summed E-state index contributed by atoms with van der Waals surface area (Å²) in [4.78, 5) is 12.5. The Morgan fingerprint density at radius 1 is 1.67 bits per heavy atom. The van der Waals surface area contributed by atoms with Crippen molar-refractivity contribution in [3.8, 4) is 5.75 Å². The van der Waals surface area contributed by atoms with Crippen LogP contribution in [0.2, 0.25) is 0 Å². The third-order valence-corrected chi connectivity index (χ3v) is 3.50. The first-order valence-electron chi connectivity index (χ1n) is 5.73. The lowest BCUT2D eigenvalue weighted by Crippen LogP contribution is -2.34. The molecule has 0 aliphatic carbocycles. The van der Waals surface area contributed by atoms with Crippen LogP contribution >= 0.6 is 11.3 Å². The van der Waals surface area contributed by atoms with Crippen LogP contribution in [-0.4, -0.2) is 38.1 Å². The van der Waals surface area contributed by atoms with Gasteiger partial charge in [-0.25, -0.2) is 0 Å². The lowest BCUT2D eigenvalue weighted by atomic mass is 10.3. The molecule has 1 fully saturated rings. The maximum absolute atomic E-state index is 11.8. The van der Waals surface area contributed by atoms with Crippen LogP contribution in [0, 0.1) is 0 Å². The van der Waals surface area contributed by atoms with Gasteiger partial charge in [-0.1, -0.05) is 0 Å². The van der Waals surface area contributed by atoms with E-state index in [0.717, 1.165) is 0 Å². The van der Waals surface area contributed by atoms with E-state index in [1.807, 2.05) is 13.8 Å². The van der Waals surface area contributed by atoms with Gasteiger partial charge in [0, 0.05) is 18.0 Å². The van der Waals surface area contributed by atoms with Crippen LogP contribution in [0.15, 0.2) is 11.4 Å². The average molecular weight is 271 g/mol. The van der Waals surface area contributed by atoms with Crippen molar-refractivity contribution in [1.82, 2.24) is 5.32 Å². The zero-order chi connectivity index (χ0) is 13.2. The highest BCUT2D eigenvalue weighted by molar-refractivity contribution is 7.12. The summed E-state index contributed by atoms with van der Waals surface area (Å²) in [6.45, 7) is 4.67. The van der Waals surface area contributed by atoms with Crippen molar-refractivity contribution in [3.63, 3.8) is 0 Å². The standard InChI is InChI=1S/C12H17NO4S/c1-12(2)16-6-9(17-12)5-13-11(14)10-4-8(15-3)7-18-10/h4,7,9H,5-6H2,1-3H3,(H,13,14). The molecule has 0 spiro atoms. The zero-order valence-electron chi connectivity index (χ0n) is 10.7. The summed E-state index contributed by atoms with van der Waals surface area (Å²) in [5.74, 6) is 0.0324. The van der Waals surface area contributed by atoms with E-state index >= 15 is 0 Å². The van der Waals surface area contributed by atoms with E-state index in [-0.39, 0.29) is 12.0 Å². The smallest absolute Gasteiger partial charge is 0.261 e. The molecule has 6 heteroatoms. The van der Waals surface area contributed by atoms with E-state index in [0.29, 0.717) is 23.8 Å². The van der Waals surface area contributed by atoms with Crippen LogP contribution in [0.4, 0.5) is 0 Å². The minimum Gasteiger partial charge on any atom is -0.496 e. The first-order chi connectivity index (χ1) is 8.50. The molecular formula is C12H17NO4S. The number of methoxy groups -OCH3 is 1. The van der Waals surface area contributed by atoms with Crippen LogP contribution in [0.1, 0.15) is 23.5 Å². The third-order valence-electron chi connectivity index (χ3n) is 2.59. The molecular weight excluding hydrogens is 254 g/mol. The van der Waals surface area contributed by atoms with Gasteiger partial charge in [0.25, 0.3) is 5.91 Å². The molecule has 18 heavy (non-hydrogen) atoms. The van der Waals surface area contributed by atoms with Gasteiger partial charge in [-0.3, -0.25) is 4.79 Å². The maximum atomic E-state index is 11.8. The second-order valence-electron chi connectivity index (χ2n) is 4.51. The first kappa shape index (κ1) is 13.3. The Labute approximate surface area is 110 Å². The van der Waals surface area contributed by atoms with E-state index in [4.69, 9.17) is 14.2 Å². The van der Waals surface area contributed by atoms with Crippen LogP contribution in [0.3, 0.4) is 0 Å². The average Bonchev–Trinajstić information content (AvgIpc) is 2.92. The van der Waals surface area contributed by atoms with Gasteiger partial charge >= 0.3 is 0 Å². The summed E-state index contributed by atoms with van der Waals surface area (Å²) in [7, 11) is 1.58. The Hall–Kier alpha value is -1.11. The Bertz CT molecular complexity index is 429. The molecule has 0 saturated carbocycles. The van der Waals surface area contributed by atoms with Crippen molar-refractivity contribution in [1.29, 1.82) is 0 Å². The Balaban J connectivity index is 1.82. The summed E-state index contributed by atoms with van der Waals surface area (Å²) in [6, 6.07) is 1.72. The largest absolute Gasteiger partial charge is 0.496 e. The summed E-state index contributed by atoms with van der Waals surface area (Å²) in [5.41, 5.74) is 0. The van der Waals surface area contributed by atoms with Crippen LogP contribution in [0.25, 0.3) is 0 Å². The normalized spacial score (nSPS) is 21.8. The number of amides is 1. The minimum absolute atomic E-state index is 0.0918. The van der Waals surface area contributed by atoms with Crippen molar-refractivity contribution in [2.75, 3.05) is 20.3 Å². The van der Waals surface area contributed by atoms with Gasteiger partial charge in [0.2, 0.25) is 0 Å². The predicted molar refractivity (Wildman–Crippen MR) is 68.1 cm³/mol. The molecule has 2 rings (SSSR count). The monoisotopic (exact) mass is 271 g/mol. The second-order valence-corrected chi connectivity index (χ2v) is 5.42. The highest BCUT2D eigenvalue weighted by Gasteiger charge is 2.32. The van der Waals surface area contributed by atoms with Crippen molar-refractivity contribution < 1.29 is 19.0 Å². The van der Waals surface area contributed by atoms with Crippen molar-refractivity contribution in [2.24, 2.45) is 0 Å². The fourth-order valence-electron chi connectivity index (χ4n) is 1.70. The molecule has 0 bridgehead atoms. The number of hydrogen-bond donors (Lipinski definition) is 1. The quantitative estimate of drug-likeness (QED) is 0.904.